The highest BCUT2D eigenvalue weighted by Gasteiger charge is 2.48. The molecule has 1 rings (SSSR count). The summed E-state index contributed by atoms with van der Waals surface area (Å²) in [5.74, 6) is 0. The van der Waals surface area contributed by atoms with Crippen LogP contribution in [0, 0.1) is 0 Å². The molecular formula is C8H14O2. The first-order valence-corrected chi connectivity index (χ1v) is 3.69. The first-order chi connectivity index (χ1) is 4.73. The Kier molecular flexibility index (Phi) is 2.11. The lowest BCUT2D eigenvalue weighted by Gasteiger charge is -1.94. The van der Waals surface area contributed by atoms with Gasteiger partial charge < -0.3 is 9.84 Å². The summed E-state index contributed by atoms with van der Waals surface area (Å²) in [6.07, 6.45) is 5.08. The maximum atomic E-state index is 8.47. The van der Waals surface area contributed by atoms with Gasteiger partial charge in [0.25, 0.3) is 0 Å². The molecule has 1 fully saturated rings. The molecule has 1 saturated heterocycles. The lowest BCUT2D eigenvalue weighted by atomic mass is 10.1. The Morgan fingerprint density at radius 1 is 1.70 bits per heavy atom. The molecule has 0 bridgehead atoms. The van der Waals surface area contributed by atoms with Crippen molar-refractivity contribution in [3.05, 3.63) is 12.2 Å². The number of aliphatic hydroxyl groups is 1. The third kappa shape index (κ3) is 1.39. The summed E-state index contributed by atoms with van der Waals surface area (Å²) in [7, 11) is 0. The Morgan fingerprint density at radius 3 is 2.80 bits per heavy atom. The number of epoxide rings is 1. The zero-order valence-corrected chi connectivity index (χ0v) is 6.50. The second kappa shape index (κ2) is 2.72. The summed E-state index contributed by atoms with van der Waals surface area (Å²) < 4.78 is 5.36. The fourth-order valence-electron chi connectivity index (χ4n) is 1.19. The molecule has 0 aromatic rings. The third-order valence-corrected chi connectivity index (χ3v) is 1.90. The summed E-state index contributed by atoms with van der Waals surface area (Å²) in [5.41, 5.74) is -0.0719. The average molecular weight is 142 g/mol. The monoisotopic (exact) mass is 142 g/mol. The van der Waals surface area contributed by atoms with Crippen molar-refractivity contribution < 1.29 is 9.84 Å². The highest BCUT2D eigenvalue weighted by Crippen LogP contribution is 2.39. The second-order valence-electron chi connectivity index (χ2n) is 2.78. The Morgan fingerprint density at radius 2 is 2.40 bits per heavy atom. The first-order valence-electron chi connectivity index (χ1n) is 3.69. The maximum absolute atomic E-state index is 8.47. The number of rotatable bonds is 3. The van der Waals surface area contributed by atoms with Crippen LogP contribution in [0.1, 0.15) is 20.3 Å². The van der Waals surface area contributed by atoms with Crippen molar-refractivity contribution in [3.63, 3.8) is 0 Å². The van der Waals surface area contributed by atoms with Gasteiger partial charge in [-0.3, -0.25) is 0 Å². The quantitative estimate of drug-likeness (QED) is 0.473. The van der Waals surface area contributed by atoms with E-state index in [0.29, 0.717) is 6.10 Å². The molecule has 0 aromatic carbocycles. The highest BCUT2D eigenvalue weighted by atomic mass is 16.6. The topological polar surface area (TPSA) is 32.8 Å². The zero-order valence-electron chi connectivity index (χ0n) is 6.50. The molecule has 1 N–H and O–H groups in total. The lowest BCUT2D eigenvalue weighted by Crippen LogP contribution is -2.04. The van der Waals surface area contributed by atoms with Crippen LogP contribution in [0.5, 0.6) is 0 Å². The minimum atomic E-state index is -0.0719. The summed E-state index contributed by atoms with van der Waals surface area (Å²) >= 11 is 0. The van der Waals surface area contributed by atoms with Crippen molar-refractivity contribution in [2.75, 3.05) is 6.61 Å². The van der Waals surface area contributed by atoms with Gasteiger partial charge >= 0.3 is 0 Å². The largest absolute Gasteiger partial charge is 0.392 e. The van der Waals surface area contributed by atoms with E-state index >= 15 is 0 Å². The van der Waals surface area contributed by atoms with E-state index in [4.69, 9.17) is 9.84 Å². The van der Waals surface area contributed by atoms with E-state index in [1.807, 2.05) is 13.0 Å². The number of hydrogen-bond acceptors (Lipinski definition) is 2. The van der Waals surface area contributed by atoms with Crippen molar-refractivity contribution >= 4 is 0 Å². The minimum Gasteiger partial charge on any atom is -0.392 e. The SMILES string of the molecule is CC[C@H]1O[C@]1(C)/C=C/CO. The fourth-order valence-corrected chi connectivity index (χ4v) is 1.19. The number of ether oxygens (including phenoxy) is 1. The molecule has 2 atom stereocenters. The molecule has 1 aliphatic rings. The summed E-state index contributed by atoms with van der Waals surface area (Å²) in [5, 5.41) is 8.47. The molecule has 2 heteroatoms. The highest BCUT2D eigenvalue weighted by molar-refractivity contribution is 5.13. The first kappa shape index (κ1) is 7.76. The third-order valence-electron chi connectivity index (χ3n) is 1.90. The van der Waals surface area contributed by atoms with Gasteiger partial charge in [-0.25, -0.2) is 0 Å². The second-order valence-corrected chi connectivity index (χ2v) is 2.78. The van der Waals surface area contributed by atoms with Gasteiger partial charge in [0.05, 0.1) is 12.7 Å². The molecule has 0 unspecified atom stereocenters. The summed E-state index contributed by atoms with van der Waals surface area (Å²) in [6.45, 7) is 4.24. The Labute approximate surface area is 61.5 Å². The van der Waals surface area contributed by atoms with Gasteiger partial charge in [0, 0.05) is 0 Å². The van der Waals surface area contributed by atoms with Gasteiger partial charge in [-0.1, -0.05) is 19.1 Å². The molecule has 0 saturated carbocycles. The smallest absolute Gasteiger partial charge is 0.110 e. The Balaban J connectivity index is 2.36. The van der Waals surface area contributed by atoms with Crippen LogP contribution < -0.4 is 0 Å². The van der Waals surface area contributed by atoms with Crippen LogP contribution in [0.25, 0.3) is 0 Å². The van der Waals surface area contributed by atoms with Crippen molar-refractivity contribution in [1.82, 2.24) is 0 Å². The Bertz CT molecular complexity index is 142. The van der Waals surface area contributed by atoms with Crippen LogP contribution in [-0.2, 0) is 4.74 Å². The van der Waals surface area contributed by atoms with E-state index in [2.05, 4.69) is 6.92 Å². The van der Waals surface area contributed by atoms with Crippen LogP contribution >= 0.6 is 0 Å². The van der Waals surface area contributed by atoms with Gasteiger partial charge in [-0.2, -0.15) is 0 Å². The van der Waals surface area contributed by atoms with Gasteiger partial charge in [0.1, 0.15) is 5.60 Å². The summed E-state index contributed by atoms with van der Waals surface area (Å²) in [6, 6.07) is 0. The van der Waals surface area contributed by atoms with Crippen LogP contribution in [-0.4, -0.2) is 23.4 Å². The predicted octanol–water partition coefficient (Wildman–Crippen LogP) is 1.10. The van der Waals surface area contributed by atoms with Crippen molar-refractivity contribution in [2.45, 2.75) is 32.0 Å². The van der Waals surface area contributed by atoms with Crippen LogP contribution in [0.4, 0.5) is 0 Å². The van der Waals surface area contributed by atoms with Crippen LogP contribution in [0.3, 0.4) is 0 Å². The minimum absolute atomic E-state index is 0.0719. The number of hydrogen-bond donors (Lipinski definition) is 1. The van der Waals surface area contributed by atoms with Crippen molar-refractivity contribution in [3.8, 4) is 0 Å². The zero-order chi connectivity index (χ0) is 7.61. The molecule has 0 aliphatic carbocycles. The van der Waals surface area contributed by atoms with Gasteiger partial charge in [0.15, 0.2) is 0 Å². The molecule has 0 amide bonds. The normalized spacial score (nSPS) is 38.9. The van der Waals surface area contributed by atoms with E-state index in [9.17, 15) is 0 Å². The van der Waals surface area contributed by atoms with Crippen LogP contribution in [0.2, 0.25) is 0 Å². The molecule has 1 aliphatic heterocycles. The van der Waals surface area contributed by atoms with E-state index < -0.39 is 0 Å². The standard InChI is InChI=1S/C8H14O2/c1-3-7-8(2,10-7)5-4-6-9/h4-5,7,9H,3,6H2,1-2H3/b5-4+/t7-,8-/m1/s1. The van der Waals surface area contributed by atoms with Crippen LogP contribution in [0.15, 0.2) is 12.2 Å². The van der Waals surface area contributed by atoms with Crippen molar-refractivity contribution in [2.24, 2.45) is 0 Å². The maximum Gasteiger partial charge on any atom is 0.110 e. The van der Waals surface area contributed by atoms with E-state index in [0.717, 1.165) is 6.42 Å². The molecule has 58 valence electrons. The Hall–Kier alpha value is -0.340. The van der Waals surface area contributed by atoms with Gasteiger partial charge in [-0.15, -0.1) is 0 Å². The van der Waals surface area contributed by atoms with E-state index in [1.54, 1.807) is 6.08 Å². The fraction of sp³-hybridized carbons (Fsp3) is 0.750. The van der Waals surface area contributed by atoms with E-state index in [1.165, 1.54) is 0 Å². The predicted molar refractivity (Wildman–Crippen MR) is 39.8 cm³/mol. The molecule has 0 radical (unpaired) electrons. The van der Waals surface area contributed by atoms with Gasteiger partial charge in [-0.05, 0) is 13.3 Å². The van der Waals surface area contributed by atoms with Gasteiger partial charge in [0.2, 0.25) is 0 Å². The number of aliphatic hydroxyl groups excluding tert-OH is 1. The molecule has 10 heavy (non-hydrogen) atoms. The lowest BCUT2D eigenvalue weighted by molar-refractivity contribution is 0.329. The molecule has 0 spiro atoms. The van der Waals surface area contributed by atoms with E-state index in [-0.39, 0.29) is 12.2 Å². The average Bonchev–Trinajstić information content (AvgIpc) is 2.59. The molecule has 0 aromatic heterocycles. The molecule has 2 nitrogen and oxygen atoms in total. The molecule has 1 heterocycles. The van der Waals surface area contributed by atoms with Crippen molar-refractivity contribution in [1.29, 1.82) is 0 Å². The summed E-state index contributed by atoms with van der Waals surface area (Å²) in [4.78, 5) is 0. The molecular weight excluding hydrogens is 128 g/mol.